The zero-order valence-electron chi connectivity index (χ0n) is 16.2. The van der Waals surface area contributed by atoms with Crippen LogP contribution in [0.5, 0.6) is 0 Å². The van der Waals surface area contributed by atoms with E-state index in [1.807, 2.05) is 20.0 Å². The number of hydrogen-bond donors (Lipinski definition) is 4. The van der Waals surface area contributed by atoms with E-state index in [2.05, 4.69) is 42.4 Å². The number of nitrogens with one attached hydrogen (secondary N) is 3. The average Bonchev–Trinajstić information content (AvgIpc) is 2.65. The molecule has 0 saturated carbocycles. The molecule has 2 aromatic rings. The van der Waals surface area contributed by atoms with E-state index in [9.17, 15) is 9.59 Å². The van der Waals surface area contributed by atoms with Gasteiger partial charge in [-0.3, -0.25) is 9.59 Å². The lowest BCUT2D eigenvalue weighted by atomic mass is 10.1. The molecule has 8 heteroatoms. The van der Waals surface area contributed by atoms with Crippen molar-refractivity contribution in [1.29, 1.82) is 0 Å². The van der Waals surface area contributed by atoms with Gasteiger partial charge in [-0.15, -0.1) is 24.4 Å². The van der Waals surface area contributed by atoms with Crippen LogP contribution in [-0.2, 0) is 4.79 Å². The monoisotopic (exact) mass is 437 g/mol. The zero-order valence-corrected chi connectivity index (χ0v) is 18.6. The van der Waals surface area contributed by atoms with Crippen molar-refractivity contribution in [3.8, 4) is 0 Å². The Labute approximate surface area is 180 Å². The lowest BCUT2D eigenvalue weighted by Crippen LogP contribution is -2.26. The molecule has 0 spiro atoms. The van der Waals surface area contributed by atoms with Crippen LogP contribution >= 0.6 is 36.0 Å². The van der Waals surface area contributed by atoms with Crippen LogP contribution in [0.4, 0.5) is 11.4 Å². The van der Waals surface area contributed by atoms with Gasteiger partial charge < -0.3 is 16.0 Å². The van der Waals surface area contributed by atoms with Crippen molar-refractivity contribution in [3.63, 3.8) is 0 Å². The number of thioether (sulfide) groups is 1. The molecule has 5 nitrogen and oxygen atoms in total. The Balaban J connectivity index is 0.000000500. The first kappa shape index (κ1) is 22.6. The predicted octanol–water partition coefficient (Wildman–Crippen LogP) is 4.93. The van der Waals surface area contributed by atoms with E-state index < -0.39 is 0 Å². The summed E-state index contributed by atoms with van der Waals surface area (Å²) in [7, 11) is 1.95. The molecule has 0 bridgehead atoms. The zero-order chi connectivity index (χ0) is 20.8. The molecule has 0 aliphatic carbocycles. The molecule has 1 aliphatic rings. The minimum Gasteiger partial charge on any atom is -0.324 e. The number of fused-ring (bicyclic) bond motifs is 1. The van der Waals surface area contributed by atoms with Gasteiger partial charge in [-0.05, 0) is 50.4 Å². The van der Waals surface area contributed by atoms with Gasteiger partial charge in [-0.25, -0.2) is 0 Å². The number of thiol groups is 1. The number of carbonyl (C=O) groups is 2. The lowest BCUT2D eigenvalue weighted by molar-refractivity contribution is -0.115. The molecule has 3 rings (SSSR count). The van der Waals surface area contributed by atoms with E-state index in [0.29, 0.717) is 32.9 Å². The molecule has 0 fully saturated rings. The first-order valence-corrected chi connectivity index (χ1v) is 10.5. The third kappa shape index (κ3) is 6.17. The second-order valence-electron chi connectivity index (χ2n) is 6.52. The number of halogens is 1. The van der Waals surface area contributed by atoms with E-state index >= 15 is 0 Å². The molecule has 0 saturated heterocycles. The summed E-state index contributed by atoms with van der Waals surface area (Å²) in [5, 5.41) is 8.95. The standard InChI is InChI=1S/C16H13ClN2O2S2.C4H11N/c1-8-15(20)19-12-6-9(2-5-14(12)23-8)16(21)18-10-3-4-13(22)11(17)7-10;1-4(2)5-3/h2-8,22H,1H3,(H,18,21)(H,19,20);4-5H,1-3H3. The quantitative estimate of drug-likeness (QED) is 0.514. The predicted molar refractivity (Wildman–Crippen MR) is 121 cm³/mol. The first-order valence-electron chi connectivity index (χ1n) is 8.80. The SMILES string of the molecule is CC1Sc2ccc(C(=O)Nc3ccc(S)c(Cl)c3)cc2NC1=O.CNC(C)C. The third-order valence-electron chi connectivity index (χ3n) is 3.96. The molecule has 2 aromatic carbocycles. The van der Waals surface area contributed by atoms with Crippen molar-refractivity contribution >= 4 is 59.2 Å². The lowest BCUT2D eigenvalue weighted by Gasteiger charge is -2.21. The Morgan fingerprint density at radius 3 is 2.54 bits per heavy atom. The number of benzene rings is 2. The van der Waals surface area contributed by atoms with Crippen LogP contribution in [0.15, 0.2) is 46.2 Å². The van der Waals surface area contributed by atoms with Crippen molar-refractivity contribution < 1.29 is 9.59 Å². The summed E-state index contributed by atoms with van der Waals surface area (Å²) >= 11 is 11.7. The molecule has 1 unspecified atom stereocenters. The van der Waals surface area contributed by atoms with E-state index in [1.54, 1.807) is 30.3 Å². The summed E-state index contributed by atoms with van der Waals surface area (Å²) in [5.74, 6) is -0.329. The smallest absolute Gasteiger partial charge is 0.255 e. The van der Waals surface area contributed by atoms with Crippen LogP contribution in [0.1, 0.15) is 31.1 Å². The molecule has 3 N–H and O–H groups in total. The summed E-state index contributed by atoms with van der Waals surface area (Å²) in [6, 6.07) is 11.0. The Kier molecular flexibility index (Phi) is 8.24. The molecule has 150 valence electrons. The second-order valence-corrected chi connectivity index (χ2v) is 8.80. The summed E-state index contributed by atoms with van der Waals surface area (Å²) in [4.78, 5) is 25.7. The molecule has 1 aliphatic heterocycles. The normalized spacial score (nSPS) is 15.2. The van der Waals surface area contributed by atoms with Gasteiger partial charge >= 0.3 is 0 Å². The summed E-state index contributed by atoms with van der Waals surface area (Å²) in [5.41, 5.74) is 1.71. The van der Waals surface area contributed by atoms with Gasteiger partial charge in [-0.1, -0.05) is 25.4 Å². The molecule has 0 aromatic heterocycles. The highest BCUT2D eigenvalue weighted by atomic mass is 35.5. The highest BCUT2D eigenvalue weighted by Crippen LogP contribution is 2.36. The van der Waals surface area contributed by atoms with Crippen LogP contribution in [-0.4, -0.2) is 30.2 Å². The highest BCUT2D eigenvalue weighted by molar-refractivity contribution is 8.00. The third-order valence-corrected chi connectivity index (χ3v) is 5.97. The van der Waals surface area contributed by atoms with Crippen molar-refractivity contribution in [2.45, 2.75) is 41.9 Å². The minimum atomic E-state index is -0.270. The summed E-state index contributed by atoms with van der Waals surface area (Å²) < 4.78 is 0. The van der Waals surface area contributed by atoms with Gasteiger partial charge in [0.2, 0.25) is 5.91 Å². The van der Waals surface area contributed by atoms with Crippen molar-refractivity contribution in [3.05, 3.63) is 47.0 Å². The van der Waals surface area contributed by atoms with Gasteiger partial charge in [0.05, 0.1) is 16.0 Å². The number of anilines is 2. The molecule has 1 heterocycles. The Bertz CT molecular complexity index is 875. The summed E-state index contributed by atoms with van der Waals surface area (Å²) in [6.07, 6.45) is 0. The van der Waals surface area contributed by atoms with Gasteiger partial charge in [0.15, 0.2) is 0 Å². The van der Waals surface area contributed by atoms with Crippen LogP contribution in [0, 0.1) is 0 Å². The molecular formula is C20H24ClN3O2S2. The van der Waals surface area contributed by atoms with E-state index in [-0.39, 0.29) is 17.1 Å². The number of rotatable bonds is 3. The fraction of sp³-hybridized carbons (Fsp3) is 0.300. The van der Waals surface area contributed by atoms with E-state index in [0.717, 1.165) is 4.90 Å². The van der Waals surface area contributed by atoms with E-state index in [1.165, 1.54) is 11.8 Å². The highest BCUT2D eigenvalue weighted by Gasteiger charge is 2.23. The number of hydrogen-bond acceptors (Lipinski definition) is 5. The molecule has 1 atom stereocenters. The molecule has 0 radical (unpaired) electrons. The minimum absolute atomic E-state index is 0.0591. The van der Waals surface area contributed by atoms with Crippen molar-refractivity contribution in [2.75, 3.05) is 17.7 Å². The molecule has 28 heavy (non-hydrogen) atoms. The fourth-order valence-corrected chi connectivity index (χ4v) is 3.39. The second kappa shape index (κ2) is 10.2. The summed E-state index contributed by atoms with van der Waals surface area (Å²) in [6.45, 7) is 6.07. The maximum absolute atomic E-state index is 12.3. The topological polar surface area (TPSA) is 70.2 Å². The first-order chi connectivity index (χ1) is 13.2. The number of amides is 2. The fourth-order valence-electron chi connectivity index (χ4n) is 2.14. The van der Waals surface area contributed by atoms with Crippen LogP contribution in [0.2, 0.25) is 5.02 Å². The van der Waals surface area contributed by atoms with Crippen LogP contribution in [0.25, 0.3) is 0 Å². The van der Waals surface area contributed by atoms with Crippen molar-refractivity contribution in [2.24, 2.45) is 0 Å². The molecule has 2 amide bonds. The maximum atomic E-state index is 12.3. The number of carbonyl (C=O) groups excluding carboxylic acids is 2. The van der Waals surface area contributed by atoms with Gasteiger partial charge in [-0.2, -0.15) is 0 Å². The van der Waals surface area contributed by atoms with Crippen LogP contribution < -0.4 is 16.0 Å². The van der Waals surface area contributed by atoms with Gasteiger partial charge in [0, 0.05) is 27.1 Å². The average molecular weight is 438 g/mol. The Morgan fingerprint density at radius 1 is 1.25 bits per heavy atom. The van der Waals surface area contributed by atoms with E-state index in [4.69, 9.17) is 11.6 Å². The largest absolute Gasteiger partial charge is 0.324 e. The van der Waals surface area contributed by atoms with Gasteiger partial charge in [0.25, 0.3) is 5.91 Å². The Morgan fingerprint density at radius 2 is 1.93 bits per heavy atom. The molecular weight excluding hydrogens is 414 g/mol. The maximum Gasteiger partial charge on any atom is 0.255 e. The van der Waals surface area contributed by atoms with Crippen LogP contribution in [0.3, 0.4) is 0 Å². The van der Waals surface area contributed by atoms with Gasteiger partial charge in [0.1, 0.15) is 0 Å². The Hall–Kier alpha value is -1.67. The van der Waals surface area contributed by atoms with Crippen molar-refractivity contribution in [1.82, 2.24) is 5.32 Å².